The molecule has 2 aromatic rings. The van der Waals surface area contributed by atoms with Gasteiger partial charge in [0.1, 0.15) is 41.3 Å². The van der Waals surface area contributed by atoms with Gasteiger partial charge in [0.2, 0.25) is 5.91 Å². The second-order valence-corrected chi connectivity index (χ2v) is 16.0. The maximum atomic E-state index is 14.5. The largest absolute Gasteiger partial charge is 0.456 e. The molecule has 4 unspecified atom stereocenters. The predicted octanol–water partition coefficient (Wildman–Crippen LogP) is 6.54. The zero-order valence-corrected chi connectivity index (χ0v) is 32.7. The van der Waals surface area contributed by atoms with Gasteiger partial charge in [-0.3, -0.25) is 14.2 Å². The summed E-state index contributed by atoms with van der Waals surface area (Å²) < 4.78 is 18.1. The molecule has 3 amide bonds. The molecule has 0 fully saturated rings. The highest BCUT2D eigenvalue weighted by molar-refractivity contribution is 5.93. The normalized spacial score (nSPS) is 15.6. The lowest BCUT2D eigenvalue weighted by molar-refractivity contribution is -0.162. The number of benzene rings is 1. The van der Waals surface area contributed by atoms with Crippen LogP contribution in [0.5, 0.6) is 0 Å². The van der Waals surface area contributed by atoms with Gasteiger partial charge in [-0.2, -0.15) is 0 Å². The number of aromatic nitrogens is 2. The summed E-state index contributed by atoms with van der Waals surface area (Å²) in [5.41, 5.74) is -2.23. The minimum absolute atomic E-state index is 0.303. The Hall–Kier alpha value is -4.42. The van der Waals surface area contributed by atoms with Crippen molar-refractivity contribution in [2.45, 2.75) is 138 Å². The summed E-state index contributed by atoms with van der Waals surface area (Å²) in [5, 5.41) is 8.28. The van der Waals surface area contributed by atoms with Crippen LogP contribution in [-0.4, -0.2) is 68.3 Å². The van der Waals surface area contributed by atoms with Gasteiger partial charge < -0.3 is 30.2 Å². The van der Waals surface area contributed by atoms with E-state index < -0.39 is 76.7 Å². The third-order valence-corrected chi connectivity index (χ3v) is 8.34. The van der Waals surface area contributed by atoms with Crippen LogP contribution >= 0.6 is 0 Å². The van der Waals surface area contributed by atoms with Crippen LogP contribution in [0.2, 0.25) is 0 Å². The predicted molar refractivity (Wildman–Crippen MR) is 194 cm³/mol. The van der Waals surface area contributed by atoms with Gasteiger partial charge in [-0.1, -0.05) is 78.8 Å². The number of imidazole rings is 1. The Bertz CT molecular complexity index is 1510. The second-order valence-electron chi connectivity index (χ2n) is 16.0. The molecular formula is C38H59N5O8. The van der Waals surface area contributed by atoms with Gasteiger partial charge in [0.15, 0.2) is 0 Å². The van der Waals surface area contributed by atoms with E-state index in [-0.39, 0.29) is 11.8 Å². The molecule has 284 valence electrons. The Morgan fingerprint density at radius 2 is 1.22 bits per heavy atom. The van der Waals surface area contributed by atoms with Crippen molar-refractivity contribution in [3.8, 4) is 0 Å². The lowest BCUT2D eigenvalue weighted by Gasteiger charge is -2.42. The number of ether oxygens (including phenoxy) is 3. The van der Waals surface area contributed by atoms with Crippen LogP contribution in [0.25, 0.3) is 0 Å². The number of hydrogen-bond donors (Lipinski definition) is 3. The minimum atomic E-state index is -1.72. The first-order valence-electron chi connectivity index (χ1n) is 17.5. The zero-order chi connectivity index (χ0) is 39.1. The maximum Gasteiger partial charge on any atom is 0.408 e. The summed E-state index contributed by atoms with van der Waals surface area (Å²) in [5.74, 6) is -3.93. The molecule has 1 heterocycles. The van der Waals surface area contributed by atoms with Crippen LogP contribution < -0.4 is 16.0 Å². The fourth-order valence-electron chi connectivity index (χ4n) is 5.54. The van der Waals surface area contributed by atoms with E-state index in [9.17, 15) is 24.0 Å². The molecule has 5 atom stereocenters. The summed E-state index contributed by atoms with van der Waals surface area (Å²) >= 11 is 0. The molecule has 0 aliphatic heterocycles. The van der Waals surface area contributed by atoms with Crippen LogP contribution in [0.15, 0.2) is 42.9 Å². The van der Waals surface area contributed by atoms with Crippen molar-refractivity contribution in [3.05, 3.63) is 54.1 Å². The van der Waals surface area contributed by atoms with Crippen molar-refractivity contribution in [1.29, 1.82) is 0 Å². The molecule has 2 rings (SSSR count). The molecule has 0 saturated heterocycles. The Labute approximate surface area is 303 Å². The summed E-state index contributed by atoms with van der Waals surface area (Å²) in [6.45, 7) is 24.5. The Balaban J connectivity index is 2.59. The average Bonchev–Trinajstić information content (AvgIpc) is 3.49. The van der Waals surface area contributed by atoms with E-state index in [0.717, 1.165) is 5.56 Å². The fourth-order valence-corrected chi connectivity index (χ4v) is 5.54. The van der Waals surface area contributed by atoms with Gasteiger partial charge in [0.05, 0.1) is 5.69 Å². The average molecular weight is 714 g/mol. The summed E-state index contributed by atoms with van der Waals surface area (Å²) in [6.07, 6.45) is 0.601. The molecule has 3 N–H and O–H groups in total. The number of nitrogens with zero attached hydrogens (tertiary/aromatic N) is 2. The summed E-state index contributed by atoms with van der Waals surface area (Å²) in [6, 6.07) is 7.17. The molecule has 13 nitrogen and oxygen atoms in total. The summed E-state index contributed by atoms with van der Waals surface area (Å²) in [7, 11) is 0. The van der Waals surface area contributed by atoms with E-state index in [1.807, 2.05) is 30.3 Å². The van der Waals surface area contributed by atoms with Crippen LogP contribution in [0.1, 0.15) is 125 Å². The number of amides is 3. The number of esters is 1. The number of nitrogens with one attached hydrogen (secondary N) is 3. The molecule has 1 aromatic heterocycles. The first kappa shape index (κ1) is 42.7. The van der Waals surface area contributed by atoms with Gasteiger partial charge in [-0.15, -0.1) is 0 Å². The first-order chi connectivity index (χ1) is 23.4. The fraction of sp³-hybridized carbons (Fsp3) is 0.632. The van der Waals surface area contributed by atoms with E-state index in [2.05, 4.69) is 20.9 Å². The van der Waals surface area contributed by atoms with Crippen molar-refractivity contribution in [1.82, 2.24) is 25.5 Å². The SMILES string of the molecule is CC(OC(=O)C(NC(=O)C(NC(=O)OC(C)(C)C)C(C)C)(C(C)C)[C@H](C)c1cn(C(=O)C(NC(=O)OC(C)(C)C)C(C)C)cn1)c1ccccc1. The number of rotatable bonds is 13. The minimum Gasteiger partial charge on any atom is -0.456 e. The smallest absolute Gasteiger partial charge is 0.408 e. The molecular weight excluding hydrogens is 654 g/mol. The van der Waals surface area contributed by atoms with E-state index in [1.54, 1.807) is 96.9 Å². The summed E-state index contributed by atoms with van der Waals surface area (Å²) in [4.78, 5) is 72.3. The monoisotopic (exact) mass is 713 g/mol. The van der Waals surface area contributed by atoms with Crippen molar-refractivity contribution in [3.63, 3.8) is 0 Å². The number of carbonyl (C=O) groups is 5. The molecule has 0 aliphatic rings. The third-order valence-electron chi connectivity index (χ3n) is 8.34. The highest BCUT2D eigenvalue weighted by atomic mass is 16.6. The maximum absolute atomic E-state index is 14.5. The third kappa shape index (κ3) is 11.8. The Kier molecular flexibility index (Phi) is 14.4. The van der Waals surface area contributed by atoms with Crippen molar-refractivity contribution < 1.29 is 38.2 Å². The standard InChI is InChI=1S/C38H59N5O8/c1-22(2)29(40-34(47)50-36(9,10)11)31(44)42-38(24(5)6,33(46)49-26(8)27-18-16-15-17-19-27)25(7)28-20-43(21-39-28)32(45)30(23(3)4)41-35(48)51-37(12,13)14/h15-26,29-30H,1-14H3,(H,40,47)(H,41,48)(H,42,44)/t25-,26?,29?,30?,38?/m1/s1. The molecule has 0 saturated carbocycles. The Morgan fingerprint density at radius 3 is 1.67 bits per heavy atom. The molecule has 51 heavy (non-hydrogen) atoms. The van der Waals surface area contributed by atoms with E-state index in [1.165, 1.54) is 17.1 Å². The van der Waals surface area contributed by atoms with Crippen molar-refractivity contribution in [2.24, 2.45) is 17.8 Å². The molecule has 0 aliphatic carbocycles. The molecule has 0 radical (unpaired) electrons. The first-order valence-corrected chi connectivity index (χ1v) is 17.5. The van der Waals surface area contributed by atoms with Crippen LogP contribution in [0.4, 0.5) is 9.59 Å². The highest BCUT2D eigenvalue weighted by Gasteiger charge is 2.52. The van der Waals surface area contributed by atoms with E-state index in [0.29, 0.717) is 5.69 Å². The quantitative estimate of drug-likeness (QED) is 0.154. The number of alkyl carbamates (subject to hydrolysis) is 2. The lowest BCUT2D eigenvalue weighted by Crippen LogP contribution is -2.65. The van der Waals surface area contributed by atoms with Gasteiger partial charge in [0.25, 0.3) is 5.91 Å². The molecule has 0 spiro atoms. The zero-order valence-electron chi connectivity index (χ0n) is 32.7. The molecule has 1 aromatic carbocycles. The molecule has 0 bridgehead atoms. The second kappa shape index (κ2) is 17.2. The van der Waals surface area contributed by atoms with Gasteiger partial charge in [0, 0.05) is 12.1 Å². The highest BCUT2D eigenvalue weighted by Crippen LogP contribution is 2.37. The Morgan fingerprint density at radius 1 is 0.725 bits per heavy atom. The van der Waals surface area contributed by atoms with E-state index in [4.69, 9.17) is 14.2 Å². The topological polar surface area (TPSA) is 167 Å². The van der Waals surface area contributed by atoms with Crippen molar-refractivity contribution >= 4 is 30.0 Å². The van der Waals surface area contributed by atoms with Crippen LogP contribution in [0, 0.1) is 17.8 Å². The number of hydrogen-bond acceptors (Lipinski definition) is 9. The number of carbonyl (C=O) groups excluding carboxylic acids is 5. The van der Waals surface area contributed by atoms with Crippen LogP contribution in [-0.2, 0) is 23.8 Å². The van der Waals surface area contributed by atoms with Gasteiger partial charge >= 0.3 is 18.2 Å². The van der Waals surface area contributed by atoms with E-state index >= 15 is 0 Å². The van der Waals surface area contributed by atoms with Gasteiger partial charge in [-0.25, -0.2) is 19.4 Å². The van der Waals surface area contributed by atoms with Crippen molar-refractivity contribution in [2.75, 3.05) is 0 Å². The van der Waals surface area contributed by atoms with Crippen LogP contribution in [0.3, 0.4) is 0 Å². The molecule has 13 heteroatoms. The van der Waals surface area contributed by atoms with Gasteiger partial charge in [-0.05, 0) is 71.8 Å². The lowest BCUT2D eigenvalue weighted by atomic mass is 9.74.